The van der Waals surface area contributed by atoms with E-state index in [-0.39, 0.29) is 0 Å². The summed E-state index contributed by atoms with van der Waals surface area (Å²) >= 11 is 1.53. The minimum absolute atomic E-state index is 0.580. The molecule has 1 aromatic heterocycles. The van der Waals surface area contributed by atoms with Gasteiger partial charge in [0.2, 0.25) is 0 Å². The zero-order chi connectivity index (χ0) is 17.4. The van der Waals surface area contributed by atoms with E-state index in [9.17, 15) is 5.11 Å². The molecule has 2 heterocycles. The van der Waals surface area contributed by atoms with E-state index in [1.54, 1.807) is 6.20 Å². The molecule has 1 aliphatic heterocycles. The number of benzene rings is 2. The van der Waals surface area contributed by atoms with Crippen LogP contribution in [0.3, 0.4) is 0 Å². The van der Waals surface area contributed by atoms with Gasteiger partial charge in [0.05, 0.1) is 22.4 Å². The first kappa shape index (κ1) is 15.9. The van der Waals surface area contributed by atoms with Crippen molar-refractivity contribution in [2.45, 2.75) is 17.4 Å². The van der Waals surface area contributed by atoms with Crippen LogP contribution < -0.4 is 9.62 Å². The van der Waals surface area contributed by atoms with Gasteiger partial charge in [0, 0.05) is 35.3 Å². The number of H-pyrrole nitrogens is 1. The predicted octanol–water partition coefficient (Wildman–Crippen LogP) is 3.73. The molecule has 6 heteroatoms. The SMILES string of the molecule is CC1(O)CN(c2cccc(SNc3cccc4c(C#N)c[nH]c34)c2)C1. The molecule has 3 N–H and O–H groups in total. The van der Waals surface area contributed by atoms with Gasteiger partial charge in [-0.25, -0.2) is 0 Å². The Balaban J connectivity index is 1.51. The van der Waals surface area contributed by atoms with Crippen LogP contribution in [0, 0.1) is 11.3 Å². The van der Waals surface area contributed by atoms with Gasteiger partial charge in [-0.2, -0.15) is 5.26 Å². The topological polar surface area (TPSA) is 75.1 Å². The van der Waals surface area contributed by atoms with E-state index in [0.29, 0.717) is 18.7 Å². The van der Waals surface area contributed by atoms with Crippen molar-refractivity contribution in [3.8, 4) is 6.07 Å². The normalized spacial score (nSPS) is 15.6. The van der Waals surface area contributed by atoms with Crippen LogP contribution in [0.1, 0.15) is 12.5 Å². The average Bonchev–Trinajstić information content (AvgIpc) is 3.02. The molecule has 25 heavy (non-hydrogen) atoms. The number of nitrogens with zero attached hydrogens (tertiary/aromatic N) is 2. The van der Waals surface area contributed by atoms with Crippen molar-refractivity contribution in [1.82, 2.24) is 4.98 Å². The van der Waals surface area contributed by atoms with Crippen LogP contribution in [0.5, 0.6) is 0 Å². The number of aromatic nitrogens is 1. The highest BCUT2D eigenvalue weighted by atomic mass is 32.2. The molecule has 0 aliphatic carbocycles. The third-order valence-corrected chi connectivity index (χ3v) is 5.17. The van der Waals surface area contributed by atoms with Crippen LogP contribution in [0.2, 0.25) is 0 Å². The minimum Gasteiger partial charge on any atom is -0.386 e. The molecule has 1 fully saturated rings. The van der Waals surface area contributed by atoms with Crippen LogP contribution >= 0.6 is 11.9 Å². The molecule has 3 aromatic rings. The maximum absolute atomic E-state index is 9.90. The van der Waals surface area contributed by atoms with Gasteiger partial charge in [-0.1, -0.05) is 18.2 Å². The van der Waals surface area contributed by atoms with Gasteiger partial charge in [0.15, 0.2) is 0 Å². The molecule has 0 spiro atoms. The molecular formula is C19H18N4OS. The molecule has 0 radical (unpaired) electrons. The summed E-state index contributed by atoms with van der Waals surface area (Å²) in [5, 5.41) is 20.0. The second-order valence-electron chi connectivity index (χ2n) is 6.60. The summed E-state index contributed by atoms with van der Waals surface area (Å²) in [5.74, 6) is 0. The van der Waals surface area contributed by atoms with E-state index in [1.165, 1.54) is 11.9 Å². The summed E-state index contributed by atoms with van der Waals surface area (Å²) < 4.78 is 3.37. The van der Waals surface area contributed by atoms with Crippen molar-refractivity contribution in [2.75, 3.05) is 22.7 Å². The number of β-amino-alcohol motifs (C(OH)–C–C–N with tert-alkyl or cyclic N) is 1. The molecule has 0 amide bonds. The predicted molar refractivity (Wildman–Crippen MR) is 102 cm³/mol. The zero-order valence-electron chi connectivity index (χ0n) is 13.8. The Kier molecular flexibility index (Phi) is 3.83. The van der Waals surface area contributed by atoms with Crippen molar-refractivity contribution >= 4 is 34.2 Å². The molecule has 0 bridgehead atoms. The fourth-order valence-corrected chi connectivity index (χ4v) is 3.87. The van der Waals surface area contributed by atoms with Gasteiger partial charge in [0.1, 0.15) is 6.07 Å². The molecule has 1 aliphatic rings. The molecule has 126 valence electrons. The quantitative estimate of drug-likeness (QED) is 0.625. The number of nitrogens with one attached hydrogen (secondary N) is 2. The summed E-state index contributed by atoms with van der Waals surface area (Å²) in [5.41, 5.74) is 3.06. The number of fused-ring (bicyclic) bond motifs is 1. The van der Waals surface area contributed by atoms with Crippen LogP contribution in [0.25, 0.3) is 10.9 Å². The standard InChI is InChI=1S/C19H18N4OS/c1-19(24)11-23(12-19)14-4-2-5-15(8-14)25-22-17-7-3-6-16-13(9-20)10-21-18(16)17/h2-8,10,21-22,24H,11-12H2,1H3. The number of anilines is 2. The number of aromatic amines is 1. The minimum atomic E-state index is -0.580. The van der Waals surface area contributed by atoms with Crippen molar-refractivity contribution in [2.24, 2.45) is 0 Å². The fraction of sp³-hybridized carbons (Fsp3) is 0.211. The number of hydrogen-bond acceptors (Lipinski definition) is 5. The number of aliphatic hydroxyl groups is 1. The van der Waals surface area contributed by atoms with Crippen molar-refractivity contribution in [3.05, 3.63) is 54.2 Å². The second-order valence-corrected chi connectivity index (χ2v) is 7.48. The van der Waals surface area contributed by atoms with Crippen molar-refractivity contribution < 1.29 is 5.11 Å². The van der Waals surface area contributed by atoms with Gasteiger partial charge in [-0.05, 0) is 43.1 Å². The molecule has 4 rings (SSSR count). The highest BCUT2D eigenvalue weighted by Crippen LogP contribution is 2.32. The summed E-state index contributed by atoms with van der Waals surface area (Å²) in [6, 6.07) is 16.3. The summed E-state index contributed by atoms with van der Waals surface area (Å²) in [6.45, 7) is 3.18. The van der Waals surface area contributed by atoms with Gasteiger partial charge >= 0.3 is 0 Å². The van der Waals surface area contributed by atoms with Crippen molar-refractivity contribution in [1.29, 1.82) is 5.26 Å². The van der Waals surface area contributed by atoms with Crippen LogP contribution in [0.4, 0.5) is 11.4 Å². The highest BCUT2D eigenvalue weighted by Gasteiger charge is 2.36. The molecular weight excluding hydrogens is 332 g/mol. The van der Waals surface area contributed by atoms with E-state index in [4.69, 9.17) is 5.26 Å². The van der Waals surface area contributed by atoms with Crippen LogP contribution in [-0.4, -0.2) is 28.8 Å². The average molecular weight is 350 g/mol. The Morgan fingerprint density at radius 2 is 2.08 bits per heavy atom. The highest BCUT2D eigenvalue weighted by molar-refractivity contribution is 8.00. The van der Waals surface area contributed by atoms with E-state index >= 15 is 0 Å². The molecule has 0 unspecified atom stereocenters. The van der Waals surface area contributed by atoms with Crippen LogP contribution in [0.15, 0.2) is 53.6 Å². The van der Waals surface area contributed by atoms with Gasteiger partial charge in [-0.3, -0.25) is 0 Å². The van der Waals surface area contributed by atoms with Crippen molar-refractivity contribution in [3.63, 3.8) is 0 Å². The maximum Gasteiger partial charge on any atom is 0.101 e. The summed E-state index contributed by atoms with van der Waals surface area (Å²) in [4.78, 5) is 6.42. The lowest BCUT2D eigenvalue weighted by atomic mass is 9.96. The molecule has 1 saturated heterocycles. The Morgan fingerprint density at radius 1 is 1.28 bits per heavy atom. The monoisotopic (exact) mass is 350 g/mol. The Bertz CT molecular complexity index is 965. The molecule has 5 nitrogen and oxygen atoms in total. The first-order chi connectivity index (χ1) is 12.1. The smallest absolute Gasteiger partial charge is 0.101 e. The Hall–Kier alpha value is -2.62. The summed E-state index contributed by atoms with van der Waals surface area (Å²) in [6.07, 6.45) is 1.73. The first-order valence-corrected chi connectivity index (χ1v) is 8.88. The molecule has 0 saturated carbocycles. The lowest BCUT2D eigenvalue weighted by Crippen LogP contribution is -2.60. The van der Waals surface area contributed by atoms with E-state index < -0.39 is 5.60 Å². The largest absolute Gasteiger partial charge is 0.386 e. The van der Waals surface area contributed by atoms with E-state index in [1.807, 2.05) is 31.2 Å². The van der Waals surface area contributed by atoms with E-state index in [0.717, 1.165) is 27.2 Å². The van der Waals surface area contributed by atoms with Gasteiger partial charge in [-0.15, -0.1) is 0 Å². The van der Waals surface area contributed by atoms with Crippen LogP contribution in [-0.2, 0) is 0 Å². The number of rotatable bonds is 4. The second kappa shape index (κ2) is 6.03. The Labute approximate surface area is 150 Å². The first-order valence-electron chi connectivity index (χ1n) is 8.06. The Morgan fingerprint density at radius 3 is 2.84 bits per heavy atom. The lowest BCUT2D eigenvalue weighted by molar-refractivity contribution is 0.0310. The third kappa shape index (κ3) is 3.04. The number of hydrogen-bond donors (Lipinski definition) is 3. The molecule has 2 aromatic carbocycles. The zero-order valence-corrected chi connectivity index (χ0v) is 14.6. The maximum atomic E-state index is 9.90. The fourth-order valence-electron chi connectivity index (χ4n) is 3.15. The van der Waals surface area contributed by atoms with Gasteiger partial charge in [0.25, 0.3) is 0 Å². The van der Waals surface area contributed by atoms with E-state index in [2.05, 4.69) is 38.9 Å². The van der Waals surface area contributed by atoms with Gasteiger partial charge < -0.3 is 19.7 Å². The number of para-hydroxylation sites is 1. The summed E-state index contributed by atoms with van der Waals surface area (Å²) in [7, 11) is 0. The lowest BCUT2D eigenvalue weighted by Gasteiger charge is -2.45. The number of nitriles is 1. The third-order valence-electron chi connectivity index (χ3n) is 4.36. The molecule has 0 atom stereocenters.